The van der Waals surface area contributed by atoms with Gasteiger partial charge in [-0.2, -0.15) is 0 Å². The Kier molecular flexibility index (Phi) is 6.17. The Morgan fingerprint density at radius 3 is 2.62 bits per heavy atom. The molecule has 26 heavy (non-hydrogen) atoms. The third-order valence-electron chi connectivity index (χ3n) is 4.28. The summed E-state index contributed by atoms with van der Waals surface area (Å²) in [5.74, 6) is 0.903. The largest absolute Gasteiger partial charge is 0.353 e. The first kappa shape index (κ1) is 18.3. The predicted molar refractivity (Wildman–Crippen MR) is 106 cm³/mol. The van der Waals surface area contributed by atoms with Crippen molar-refractivity contribution in [2.75, 3.05) is 24.2 Å². The number of nitrogens with zero attached hydrogens (tertiary/aromatic N) is 1. The van der Waals surface area contributed by atoms with Crippen molar-refractivity contribution in [1.29, 1.82) is 0 Å². The average Bonchev–Trinajstić information content (AvgIpc) is 2.66. The Bertz CT molecular complexity index is 749. The molecule has 1 aliphatic heterocycles. The number of urea groups is 1. The lowest BCUT2D eigenvalue weighted by atomic mass is 10.0. The fraction of sp³-hybridized carbons (Fsp3) is 0.300. The highest BCUT2D eigenvalue weighted by atomic mass is 32.2. The van der Waals surface area contributed by atoms with Crippen LogP contribution in [-0.2, 0) is 11.2 Å². The van der Waals surface area contributed by atoms with E-state index < -0.39 is 6.04 Å². The van der Waals surface area contributed by atoms with E-state index in [1.54, 1.807) is 16.7 Å². The molecule has 0 aliphatic carbocycles. The van der Waals surface area contributed by atoms with E-state index in [-0.39, 0.29) is 11.9 Å². The van der Waals surface area contributed by atoms with Gasteiger partial charge in [-0.05, 0) is 35.6 Å². The minimum atomic E-state index is -0.499. The maximum atomic E-state index is 12.8. The Balaban J connectivity index is 1.69. The average molecular weight is 369 g/mol. The second-order valence-electron chi connectivity index (χ2n) is 6.08. The van der Waals surface area contributed by atoms with Gasteiger partial charge in [0.05, 0.1) is 0 Å². The molecule has 2 aromatic rings. The lowest BCUT2D eigenvalue weighted by molar-refractivity contribution is -0.127. The van der Waals surface area contributed by atoms with Gasteiger partial charge in [-0.1, -0.05) is 37.3 Å². The zero-order valence-corrected chi connectivity index (χ0v) is 15.6. The van der Waals surface area contributed by atoms with E-state index >= 15 is 0 Å². The van der Waals surface area contributed by atoms with Crippen molar-refractivity contribution in [2.24, 2.45) is 0 Å². The van der Waals surface area contributed by atoms with E-state index in [1.807, 2.05) is 54.6 Å². The van der Waals surface area contributed by atoms with Gasteiger partial charge >= 0.3 is 6.03 Å². The maximum Gasteiger partial charge on any atom is 0.322 e. The summed E-state index contributed by atoms with van der Waals surface area (Å²) in [6.07, 6.45) is 0.506. The van der Waals surface area contributed by atoms with Crippen LogP contribution in [0.15, 0.2) is 59.5 Å². The van der Waals surface area contributed by atoms with E-state index in [2.05, 4.69) is 17.6 Å². The molecule has 0 saturated carbocycles. The summed E-state index contributed by atoms with van der Waals surface area (Å²) >= 11 is 1.76. The number of hydrogen-bond acceptors (Lipinski definition) is 3. The lowest BCUT2D eigenvalue weighted by Crippen LogP contribution is -2.59. The quantitative estimate of drug-likeness (QED) is 0.795. The zero-order chi connectivity index (χ0) is 18.4. The number of thioether (sulfide) groups is 1. The minimum absolute atomic E-state index is 0.107. The highest BCUT2D eigenvalue weighted by Crippen LogP contribution is 2.20. The summed E-state index contributed by atoms with van der Waals surface area (Å²) in [5.41, 5.74) is 1.77. The van der Waals surface area contributed by atoms with E-state index in [4.69, 9.17) is 0 Å². The summed E-state index contributed by atoms with van der Waals surface area (Å²) < 4.78 is 0. The van der Waals surface area contributed by atoms with Crippen LogP contribution in [0.25, 0.3) is 0 Å². The highest BCUT2D eigenvalue weighted by molar-refractivity contribution is 7.99. The van der Waals surface area contributed by atoms with E-state index in [1.165, 1.54) is 4.90 Å². The molecule has 1 atom stereocenters. The Labute approximate surface area is 158 Å². The fourth-order valence-electron chi connectivity index (χ4n) is 2.99. The molecular weight excluding hydrogens is 346 g/mol. The van der Waals surface area contributed by atoms with Crippen LogP contribution < -0.4 is 10.6 Å². The first-order chi connectivity index (χ1) is 12.7. The predicted octanol–water partition coefficient (Wildman–Crippen LogP) is 3.37. The second kappa shape index (κ2) is 8.76. The number of amides is 3. The van der Waals surface area contributed by atoms with Crippen molar-refractivity contribution in [3.63, 3.8) is 0 Å². The van der Waals surface area contributed by atoms with Gasteiger partial charge in [0.2, 0.25) is 5.91 Å². The molecular formula is C20H23N3O2S. The number of piperazine rings is 1. The van der Waals surface area contributed by atoms with Crippen molar-refractivity contribution in [3.05, 3.63) is 60.2 Å². The van der Waals surface area contributed by atoms with Crippen molar-refractivity contribution >= 4 is 29.4 Å². The van der Waals surface area contributed by atoms with Crippen LogP contribution in [0, 0.1) is 0 Å². The van der Waals surface area contributed by atoms with E-state index in [0.29, 0.717) is 19.5 Å². The van der Waals surface area contributed by atoms with Gasteiger partial charge in [-0.3, -0.25) is 4.79 Å². The van der Waals surface area contributed by atoms with Crippen LogP contribution in [0.4, 0.5) is 10.5 Å². The van der Waals surface area contributed by atoms with Gasteiger partial charge in [0, 0.05) is 30.1 Å². The number of carbonyl (C=O) groups excluding carboxylic acids is 2. The molecule has 3 rings (SSSR count). The molecule has 2 aromatic carbocycles. The molecule has 0 aromatic heterocycles. The zero-order valence-electron chi connectivity index (χ0n) is 14.8. The molecule has 5 nitrogen and oxygen atoms in total. The Morgan fingerprint density at radius 1 is 1.19 bits per heavy atom. The molecule has 0 bridgehead atoms. The summed E-state index contributed by atoms with van der Waals surface area (Å²) in [7, 11) is 0. The van der Waals surface area contributed by atoms with Crippen LogP contribution in [-0.4, -0.2) is 41.7 Å². The third-order valence-corrected chi connectivity index (χ3v) is 5.17. The summed E-state index contributed by atoms with van der Waals surface area (Å²) in [4.78, 5) is 27.9. The summed E-state index contributed by atoms with van der Waals surface area (Å²) in [6.45, 7) is 3.08. The van der Waals surface area contributed by atoms with Crippen LogP contribution in [0.1, 0.15) is 12.5 Å². The summed E-state index contributed by atoms with van der Waals surface area (Å²) in [6, 6.07) is 16.8. The molecule has 1 fully saturated rings. The number of benzene rings is 2. The number of hydrogen-bond donors (Lipinski definition) is 2. The molecule has 2 N–H and O–H groups in total. The molecule has 0 radical (unpaired) electrons. The van der Waals surface area contributed by atoms with Crippen LogP contribution in [0.3, 0.4) is 0 Å². The molecule has 1 aliphatic rings. The maximum absolute atomic E-state index is 12.8. The van der Waals surface area contributed by atoms with E-state index in [0.717, 1.165) is 17.0 Å². The molecule has 0 spiro atoms. The number of rotatable bonds is 5. The third kappa shape index (κ3) is 4.58. The van der Waals surface area contributed by atoms with Gasteiger partial charge in [-0.15, -0.1) is 11.8 Å². The van der Waals surface area contributed by atoms with Crippen LogP contribution in [0.2, 0.25) is 0 Å². The topological polar surface area (TPSA) is 61.4 Å². The summed E-state index contributed by atoms with van der Waals surface area (Å²) in [5, 5.41) is 5.77. The van der Waals surface area contributed by atoms with Crippen molar-refractivity contribution < 1.29 is 9.59 Å². The number of carbonyl (C=O) groups is 2. The van der Waals surface area contributed by atoms with Crippen molar-refractivity contribution in [1.82, 2.24) is 10.2 Å². The monoisotopic (exact) mass is 369 g/mol. The fourth-order valence-corrected chi connectivity index (χ4v) is 3.66. The SMILES string of the molecule is CCSc1ccc(NC(=O)N2CCNC(=O)[C@H]2Cc2ccccc2)cc1. The normalized spacial score (nSPS) is 16.9. The van der Waals surface area contributed by atoms with Crippen molar-refractivity contribution in [2.45, 2.75) is 24.3 Å². The van der Waals surface area contributed by atoms with Gasteiger partial charge in [0.25, 0.3) is 0 Å². The van der Waals surface area contributed by atoms with Crippen molar-refractivity contribution in [3.8, 4) is 0 Å². The van der Waals surface area contributed by atoms with Gasteiger partial charge < -0.3 is 15.5 Å². The number of nitrogens with one attached hydrogen (secondary N) is 2. The van der Waals surface area contributed by atoms with Crippen LogP contribution >= 0.6 is 11.8 Å². The first-order valence-electron chi connectivity index (χ1n) is 8.79. The molecule has 0 unspecified atom stereocenters. The smallest absolute Gasteiger partial charge is 0.322 e. The Hall–Kier alpha value is -2.47. The number of anilines is 1. The second-order valence-corrected chi connectivity index (χ2v) is 7.41. The standard InChI is InChI=1S/C20H23N3O2S/c1-2-26-17-10-8-16(9-11-17)22-20(25)23-13-12-21-19(24)18(23)14-15-6-4-3-5-7-15/h3-11,18H,2,12-14H2,1H3,(H,21,24)(H,22,25)/t18-/m1/s1. The van der Waals surface area contributed by atoms with E-state index in [9.17, 15) is 9.59 Å². The lowest BCUT2D eigenvalue weighted by Gasteiger charge is -2.35. The van der Waals surface area contributed by atoms with Gasteiger partial charge in [0.15, 0.2) is 0 Å². The highest BCUT2D eigenvalue weighted by Gasteiger charge is 2.33. The van der Waals surface area contributed by atoms with Crippen LogP contribution in [0.5, 0.6) is 0 Å². The molecule has 1 saturated heterocycles. The minimum Gasteiger partial charge on any atom is -0.353 e. The molecule has 1 heterocycles. The van der Waals surface area contributed by atoms with Gasteiger partial charge in [0.1, 0.15) is 6.04 Å². The Morgan fingerprint density at radius 2 is 1.92 bits per heavy atom. The molecule has 136 valence electrons. The van der Waals surface area contributed by atoms with Gasteiger partial charge in [-0.25, -0.2) is 4.79 Å². The first-order valence-corrected chi connectivity index (χ1v) is 9.78. The molecule has 6 heteroatoms. The molecule has 3 amide bonds.